The predicted octanol–water partition coefficient (Wildman–Crippen LogP) is 4.54. The second-order valence-corrected chi connectivity index (χ2v) is 11.6. The second kappa shape index (κ2) is 10.9. The molecule has 200 valence electrons. The topological polar surface area (TPSA) is 86.3 Å². The molecule has 3 aromatic rings. The molecule has 1 fully saturated rings. The Kier molecular flexibility index (Phi) is 7.63. The van der Waals surface area contributed by atoms with Crippen LogP contribution in [0.1, 0.15) is 57.4 Å². The van der Waals surface area contributed by atoms with Crippen LogP contribution in [0.3, 0.4) is 0 Å². The Morgan fingerprint density at radius 1 is 1.21 bits per heavy atom. The molecular formula is C28H30BrN3O5S. The molecule has 4 heterocycles. The van der Waals surface area contributed by atoms with Crippen molar-refractivity contribution in [1.29, 1.82) is 0 Å². The number of hydrogen-bond acceptors (Lipinski definition) is 8. The number of nitrogens with zero attached hydrogens (tertiary/aromatic N) is 3. The number of aromatic nitrogens is 1. The summed E-state index contributed by atoms with van der Waals surface area (Å²) in [6.07, 6.45) is 4.95. The molecule has 5 rings (SSSR count). The molecule has 38 heavy (non-hydrogen) atoms. The number of esters is 1. The first-order valence-corrected chi connectivity index (χ1v) is 14.3. The van der Waals surface area contributed by atoms with E-state index in [2.05, 4.69) is 25.8 Å². The van der Waals surface area contributed by atoms with Crippen LogP contribution in [0, 0.1) is 0 Å². The van der Waals surface area contributed by atoms with E-state index in [0.717, 1.165) is 36.3 Å². The standard InChI is InChI=1S/C28H30BrN3O5S/c1-16(2)36-27(34)24-17(3)30-28-32(25(24)20-14-18(29)8-10-21(20)35-4)26(33)22(38-28)15-19-9-11-23(37-19)31-12-6-5-7-13-31/h8-11,14-16,25H,5-7,12-13H2,1-4H3/b22-15-/t25-/m1/s1. The molecule has 0 amide bonds. The molecule has 1 saturated heterocycles. The maximum absolute atomic E-state index is 13.9. The number of anilines is 1. The third-order valence-electron chi connectivity index (χ3n) is 6.62. The molecular weight excluding hydrogens is 570 g/mol. The molecule has 0 N–H and O–H groups in total. The Balaban J connectivity index is 1.65. The number of hydrogen-bond donors (Lipinski definition) is 0. The fourth-order valence-electron chi connectivity index (χ4n) is 4.91. The van der Waals surface area contributed by atoms with Crippen LogP contribution in [0.25, 0.3) is 6.08 Å². The molecule has 0 spiro atoms. The van der Waals surface area contributed by atoms with Gasteiger partial charge >= 0.3 is 5.97 Å². The van der Waals surface area contributed by atoms with Gasteiger partial charge in [-0.25, -0.2) is 9.79 Å². The maximum Gasteiger partial charge on any atom is 0.338 e. The van der Waals surface area contributed by atoms with Gasteiger partial charge in [0.15, 0.2) is 10.7 Å². The molecule has 0 unspecified atom stereocenters. The number of carbonyl (C=O) groups excluding carboxylic acids is 1. The minimum Gasteiger partial charge on any atom is -0.496 e. The summed E-state index contributed by atoms with van der Waals surface area (Å²) in [6.45, 7) is 7.29. The molecule has 10 heteroatoms. The van der Waals surface area contributed by atoms with E-state index in [9.17, 15) is 9.59 Å². The molecule has 0 saturated carbocycles. The largest absolute Gasteiger partial charge is 0.496 e. The normalized spacial score (nSPS) is 18.0. The summed E-state index contributed by atoms with van der Waals surface area (Å²) in [4.78, 5) is 34.6. The first-order chi connectivity index (χ1) is 18.3. The number of piperidine rings is 1. The summed E-state index contributed by atoms with van der Waals surface area (Å²) in [5, 5.41) is 0. The summed E-state index contributed by atoms with van der Waals surface area (Å²) >= 11 is 4.79. The highest BCUT2D eigenvalue weighted by atomic mass is 79.9. The van der Waals surface area contributed by atoms with Gasteiger partial charge in [-0.15, -0.1) is 0 Å². The minimum atomic E-state index is -0.771. The van der Waals surface area contributed by atoms with Gasteiger partial charge in [-0.05, 0) is 64.3 Å². The van der Waals surface area contributed by atoms with Crippen LogP contribution >= 0.6 is 27.3 Å². The Bertz CT molecular complexity index is 1580. The zero-order valence-electron chi connectivity index (χ0n) is 21.8. The second-order valence-electron chi connectivity index (χ2n) is 9.65. The third-order valence-corrected chi connectivity index (χ3v) is 8.10. The summed E-state index contributed by atoms with van der Waals surface area (Å²) in [5.74, 6) is 1.45. The minimum absolute atomic E-state index is 0.265. The van der Waals surface area contributed by atoms with Crippen molar-refractivity contribution in [2.24, 2.45) is 4.99 Å². The lowest BCUT2D eigenvalue weighted by molar-refractivity contribution is -0.143. The summed E-state index contributed by atoms with van der Waals surface area (Å²) in [6, 6.07) is 8.58. The summed E-state index contributed by atoms with van der Waals surface area (Å²) in [5.41, 5.74) is 1.20. The quantitative estimate of drug-likeness (QED) is 0.387. The van der Waals surface area contributed by atoms with Crippen LogP contribution in [-0.2, 0) is 9.53 Å². The number of methoxy groups -OCH3 is 1. The molecule has 0 aliphatic carbocycles. The van der Waals surface area contributed by atoms with Crippen LogP contribution in [0.15, 0.2) is 60.3 Å². The van der Waals surface area contributed by atoms with Crippen LogP contribution in [-0.4, -0.2) is 36.8 Å². The van der Waals surface area contributed by atoms with Crippen LogP contribution < -0.4 is 24.5 Å². The molecule has 1 aromatic carbocycles. The van der Waals surface area contributed by atoms with Crippen molar-refractivity contribution in [2.75, 3.05) is 25.1 Å². The number of ether oxygens (including phenoxy) is 2. The Labute approximate surface area is 233 Å². The molecule has 0 radical (unpaired) electrons. The molecule has 2 aliphatic rings. The number of halogens is 1. The Morgan fingerprint density at radius 2 is 1.97 bits per heavy atom. The lowest BCUT2D eigenvalue weighted by Crippen LogP contribution is -2.40. The van der Waals surface area contributed by atoms with Gasteiger partial charge in [0, 0.05) is 35.3 Å². The predicted molar refractivity (Wildman–Crippen MR) is 150 cm³/mol. The number of fused-ring (bicyclic) bond motifs is 1. The van der Waals surface area contributed by atoms with Gasteiger partial charge < -0.3 is 18.8 Å². The zero-order chi connectivity index (χ0) is 27.0. The number of allylic oxidation sites excluding steroid dienone is 1. The van der Waals surface area contributed by atoms with Crippen molar-refractivity contribution in [3.05, 3.63) is 77.1 Å². The van der Waals surface area contributed by atoms with Gasteiger partial charge in [-0.3, -0.25) is 9.36 Å². The average molecular weight is 601 g/mol. The number of rotatable bonds is 6. The van der Waals surface area contributed by atoms with Gasteiger partial charge in [0.25, 0.3) is 5.56 Å². The highest BCUT2D eigenvalue weighted by molar-refractivity contribution is 9.10. The SMILES string of the molecule is COc1ccc(Br)cc1[C@@H]1C(C(=O)OC(C)C)=C(C)N=c2s/c(=C\c3ccc(N4CCCCC4)o3)c(=O)n21. The smallest absolute Gasteiger partial charge is 0.338 e. The zero-order valence-corrected chi connectivity index (χ0v) is 24.2. The highest BCUT2D eigenvalue weighted by Crippen LogP contribution is 2.37. The van der Waals surface area contributed by atoms with Crippen LogP contribution in [0.4, 0.5) is 5.88 Å². The van der Waals surface area contributed by atoms with Crippen molar-refractivity contribution in [3.8, 4) is 5.75 Å². The lowest BCUT2D eigenvalue weighted by Gasteiger charge is -2.26. The van der Waals surface area contributed by atoms with Crippen molar-refractivity contribution >= 4 is 45.2 Å². The number of carbonyl (C=O) groups is 1. The van der Waals surface area contributed by atoms with Crippen LogP contribution in [0.5, 0.6) is 5.75 Å². The Morgan fingerprint density at radius 3 is 2.68 bits per heavy atom. The molecule has 2 aliphatic heterocycles. The lowest BCUT2D eigenvalue weighted by atomic mass is 9.95. The number of thiazole rings is 1. The summed E-state index contributed by atoms with van der Waals surface area (Å²) in [7, 11) is 1.57. The van der Waals surface area contributed by atoms with E-state index in [1.54, 1.807) is 44.6 Å². The van der Waals surface area contributed by atoms with E-state index >= 15 is 0 Å². The van der Waals surface area contributed by atoms with E-state index in [1.807, 2.05) is 24.3 Å². The van der Waals surface area contributed by atoms with Crippen molar-refractivity contribution < 1.29 is 18.7 Å². The van der Waals surface area contributed by atoms with E-state index in [-0.39, 0.29) is 11.7 Å². The molecule has 1 atom stereocenters. The Hall–Kier alpha value is -3.11. The van der Waals surface area contributed by atoms with Gasteiger partial charge in [0.2, 0.25) is 0 Å². The fraction of sp³-hybridized carbons (Fsp3) is 0.393. The molecule has 2 aromatic heterocycles. The summed E-state index contributed by atoms with van der Waals surface area (Å²) < 4.78 is 20.1. The maximum atomic E-state index is 13.9. The van der Waals surface area contributed by atoms with Crippen molar-refractivity contribution in [2.45, 2.75) is 52.2 Å². The van der Waals surface area contributed by atoms with E-state index in [0.29, 0.717) is 37.7 Å². The first kappa shape index (κ1) is 26.5. The van der Waals surface area contributed by atoms with E-state index in [4.69, 9.17) is 13.9 Å². The van der Waals surface area contributed by atoms with Crippen molar-refractivity contribution in [1.82, 2.24) is 4.57 Å². The van der Waals surface area contributed by atoms with E-state index in [1.165, 1.54) is 17.8 Å². The monoisotopic (exact) mass is 599 g/mol. The number of furan rings is 1. The van der Waals surface area contributed by atoms with Gasteiger partial charge in [-0.1, -0.05) is 27.3 Å². The van der Waals surface area contributed by atoms with Crippen LogP contribution in [0.2, 0.25) is 0 Å². The molecule has 0 bridgehead atoms. The average Bonchev–Trinajstić information content (AvgIpc) is 3.47. The van der Waals surface area contributed by atoms with E-state index < -0.39 is 12.0 Å². The van der Waals surface area contributed by atoms with Crippen molar-refractivity contribution in [3.63, 3.8) is 0 Å². The molecule has 8 nitrogen and oxygen atoms in total. The van der Waals surface area contributed by atoms with Gasteiger partial charge in [0.1, 0.15) is 17.6 Å². The number of benzene rings is 1. The third kappa shape index (κ3) is 5.11. The van der Waals surface area contributed by atoms with Gasteiger partial charge in [-0.2, -0.15) is 0 Å². The van der Waals surface area contributed by atoms with Gasteiger partial charge in [0.05, 0.1) is 29.0 Å². The highest BCUT2D eigenvalue weighted by Gasteiger charge is 2.35. The first-order valence-electron chi connectivity index (χ1n) is 12.7. The fourth-order valence-corrected chi connectivity index (χ4v) is 6.31.